The molecule has 0 bridgehead atoms. The average Bonchev–Trinajstić information content (AvgIpc) is 1.61. The monoisotopic (exact) mass is 1480 g/mol. The topological polar surface area (TPSA) is 281 Å². The van der Waals surface area contributed by atoms with Crippen molar-refractivity contribution in [2.24, 2.45) is 0 Å². The quantitative estimate of drug-likeness (QED) is 0.00813. The number of amides is 2. The zero-order chi connectivity index (χ0) is 74.1. The largest absolute Gasteiger partial charge is 0.514 e. The van der Waals surface area contributed by atoms with E-state index in [1.54, 1.807) is 24.3 Å². The van der Waals surface area contributed by atoms with Gasteiger partial charge in [-0.2, -0.15) is 26.3 Å². The van der Waals surface area contributed by atoms with Crippen LogP contribution >= 0.6 is 0 Å². The first-order chi connectivity index (χ1) is 49.1. The van der Waals surface area contributed by atoms with Crippen LogP contribution in [0.15, 0.2) is 42.5 Å². The molecule has 0 atom stereocenters. The van der Waals surface area contributed by atoms with Gasteiger partial charge in [0.05, 0.1) is 222 Å². The Morgan fingerprint density at radius 3 is 0.873 bits per heavy atom. The fourth-order valence-corrected chi connectivity index (χ4v) is 8.16. The van der Waals surface area contributed by atoms with E-state index in [2.05, 4.69) is 14.2 Å². The van der Waals surface area contributed by atoms with Crippen LogP contribution in [0.4, 0.5) is 57.5 Å². The molecule has 0 radical (unpaired) electrons. The lowest BCUT2D eigenvalue weighted by molar-refractivity contribution is -0.187. The predicted octanol–water partition coefficient (Wildman–Crippen LogP) is 7.06. The third-order valence-electron chi connectivity index (χ3n) is 13.1. The van der Waals surface area contributed by atoms with Gasteiger partial charge in [0.25, 0.3) is 11.8 Å². The van der Waals surface area contributed by atoms with E-state index in [-0.39, 0.29) is 89.4 Å². The molecule has 0 aliphatic carbocycles. The highest BCUT2D eigenvalue weighted by Crippen LogP contribution is 2.30. The molecule has 4 aromatic rings. The van der Waals surface area contributed by atoms with E-state index in [4.69, 9.17) is 75.8 Å². The number of esters is 3. The summed E-state index contributed by atoms with van der Waals surface area (Å²) in [4.78, 5) is 77.0. The Labute approximate surface area is 574 Å². The Morgan fingerprint density at radius 2 is 0.569 bits per heavy atom. The van der Waals surface area contributed by atoms with E-state index < -0.39 is 176 Å². The van der Waals surface area contributed by atoms with Crippen molar-refractivity contribution in [3.8, 4) is 17.2 Å². The van der Waals surface area contributed by atoms with Gasteiger partial charge in [0.2, 0.25) is 52.2 Å². The summed E-state index contributed by atoms with van der Waals surface area (Å²) >= 11 is 0. The number of carbonyl (C=O) groups excluding carboxylic acids is 6. The van der Waals surface area contributed by atoms with Gasteiger partial charge in [0.15, 0.2) is 40.5 Å². The molecule has 1 heterocycles. The molecule has 0 spiro atoms. The number of carbonyl (C=O) groups is 6. The normalized spacial score (nSPS) is 12.2. The molecule has 26 nitrogen and oxygen atoms in total. The van der Waals surface area contributed by atoms with Gasteiger partial charge >= 0.3 is 24.1 Å². The van der Waals surface area contributed by atoms with Crippen LogP contribution in [0.25, 0.3) is 0 Å². The SMILES string of the molecule is O=C(CCOCC(COCCC(=O)Oc1c(F)c(F)cc(F)c1F)(COC(=O)Oc1c(F)c(F)cc(F)c1F)OC(=O)CCOCCOCCOCCOCCOCCOCCOCCOCCOCCOCCOCCOCCN1C(=O)c2ccccc2C1=O)Oc1c(F)c(F)cc(F)c1F. The van der Waals surface area contributed by atoms with Gasteiger partial charge < -0.3 is 90.0 Å². The first-order valence-electron chi connectivity index (χ1n) is 31.1. The summed E-state index contributed by atoms with van der Waals surface area (Å²) in [7, 11) is 0. The standard InChI is InChI=1S/C64H73F12NO25/c65-43-35-44(66)53(72)58(52(43)71)99-49(78)5-10-96-38-64(40-98-63(83)101-60-56(75)47(69)37-48(70)57(60)76,39-97-11-6-50(79)100-59-54(73)45(67)36-46(68)55(59)74)102-51(80)7-9-84-13-15-86-17-19-88-21-23-90-25-27-92-29-31-94-33-34-95-32-30-93-28-26-91-24-22-89-20-18-87-16-14-85-12-8-77-61(81)41-3-1-2-4-42(41)62(77)82/h1-4,35-37H,5-34,38-40H2. The van der Waals surface area contributed by atoms with E-state index in [1.165, 1.54) is 4.90 Å². The van der Waals surface area contributed by atoms with E-state index in [0.717, 1.165) is 0 Å². The van der Waals surface area contributed by atoms with Crippen LogP contribution < -0.4 is 14.2 Å². The van der Waals surface area contributed by atoms with Crippen molar-refractivity contribution in [2.45, 2.75) is 24.9 Å². The number of benzene rings is 4. The molecule has 0 N–H and O–H groups in total. The molecule has 0 saturated heterocycles. The number of nitrogens with zero attached hydrogens (tertiary/aromatic N) is 1. The molecule has 1 aliphatic heterocycles. The molecule has 4 aromatic carbocycles. The van der Waals surface area contributed by atoms with Crippen molar-refractivity contribution in [3.05, 3.63) is 123 Å². The average molecular weight is 1480 g/mol. The van der Waals surface area contributed by atoms with Gasteiger partial charge in [-0.25, -0.2) is 31.1 Å². The minimum atomic E-state index is -2.59. The van der Waals surface area contributed by atoms with Gasteiger partial charge in [-0.3, -0.25) is 28.9 Å². The summed E-state index contributed by atoms with van der Waals surface area (Å²) in [6.45, 7) is 0.595. The second-order valence-electron chi connectivity index (χ2n) is 20.6. The highest BCUT2D eigenvalue weighted by Gasteiger charge is 2.40. The molecule has 1 aliphatic rings. The maximum atomic E-state index is 14.4. The Bertz CT molecular complexity index is 3090. The third-order valence-corrected chi connectivity index (χ3v) is 13.1. The number of fused-ring (bicyclic) bond motifs is 1. The number of hydrogen-bond acceptors (Lipinski definition) is 25. The third kappa shape index (κ3) is 30.3. The fraction of sp³-hybridized carbons (Fsp3) is 0.531. The Morgan fingerprint density at radius 1 is 0.314 bits per heavy atom. The predicted molar refractivity (Wildman–Crippen MR) is 318 cm³/mol. The van der Waals surface area contributed by atoms with E-state index in [0.29, 0.717) is 110 Å². The molecule has 38 heteroatoms. The molecule has 2 amide bonds. The zero-order valence-corrected chi connectivity index (χ0v) is 54.6. The lowest BCUT2D eigenvalue weighted by Crippen LogP contribution is -2.49. The van der Waals surface area contributed by atoms with Crippen LogP contribution in [0.2, 0.25) is 0 Å². The molecule has 568 valence electrons. The van der Waals surface area contributed by atoms with E-state index >= 15 is 0 Å². The Kier molecular flexibility index (Phi) is 39.6. The van der Waals surface area contributed by atoms with Crippen molar-refractivity contribution >= 4 is 35.9 Å². The molecule has 102 heavy (non-hydrogen) atoms. The summed E-state index contributed by atoms with van der Waals surface area (Å²) in [5, 5.41) is 0. The minimum Gasteiger partial charge on any atom is -0.450 e. The maximum absolute atomic E-state index is 14.4. The maximum Gasteiger partial charge on any atom is 0.514 e. The van der Waals surface area contributed by atoms with Crippen molar-refractivity contribution in [3.63, 3.8) is 0 Å². The smallest absolute Gasteiger partial charge is 0.450 e. The van der Waals surface area contributed by atoms with Crippen molar-refractivity contribution in [1.29, 1.82) is 0 Å². The Hall–Kier alpha value is -7.70. The molecule has 0 aromatic heterocycles. The van der Waals surface area contributed by atoms with Gasteiger partial charge in [-0.1, -0.05) is 12.1 Å². The summed E-state index contributed by atoms with van der Waals surface area (Å²) in [6.07, 6.45) is -4.85. The van der Waals surface area contributed by atoms with Crippen molar-refractivity contribution in [2.75, 3.05) is 198 Å². The fourth-order valence-electron chi connectivity index (χ4n) is 8.16. The van der Waals surface area contributed by atoms with Crippen LogP contribution in [0, 0.1) is 69.8 Å². The molecule has 0 fully saturated rings. The van der Waals surface area contributed by atoms with E-state index in [1.807, 2.05) is 0 Å². The number of imide groups is 1. The summed E-state index contributed by atoms with van der Waals surface area (Å²) in [5.41, 5.74) is -1.79. The first kappa shape index (κ1) is 85.0. The Balaban J connectivity index is 0.886. The number of halogens is 12. The molecule has 0 saturated carbocycles. The van der Waals surface area contributed by atoms with Gasteiger partial charge in [-0.05, 0) is 12.1 Å². The lowest BCUT2D eigenvalue weighted by Gasteiger charge is -2.32. The highest BCUT2D eigenvalue weighted by atomic mass is 19.2. The lowest BCUT2D eigenvalue weighted by atomic mass is 10.1. The minimum absolute atomic E-state index is 0.0336. The van der Waals surface area contributed by atoms with Crippen LogP contribution in [-0.2, 0) is 90.2 Å². The second kappa shape index (κ2) is 47.5. The van der Waals surface area contributed by atoms with Crippen LogP contribution in [0.5, 0.6) is 17.2 Å². The summed E-state index contributed by atoms with van der Waals surface area (Å²) in [6, 6.07) is 6.10. The number of ether oxygens (including phenoxy) is 19. The molecule has 0 unspecified atom stereocenters. The van der Waals surface area contributed by atoms with Crippen molar-refractivity contribution in [1.82, 2.24) is 4.90 Å². The molecular formula is C64H73F12NO25. The van der Waals surface area contributed by atoms with Crippen LogP contribution in [0.1, 0.15) is 40.0 Å². The molecule has 5 rings (SSSR count). The van der Waals surface area contributed by atoms with Gasteiger partial charge in [-0.15, -0.1) is 0 Å². The first-order valence-corrected chi connectivity index (χ1v) is 31.1. The van der Waals surface area contributed by atoms with Crippen molar-refractivity contribution < 1.29 is 171 Å². The number of rotatable bonds is 55. The molecular weight excluding hydrogens is 1410 g/mol. The van der Waals surface area contributed by atoms with Crippen LogP contribution in [-0.4, -0.2) is 245 Å². The zero-order valence-electron chi connectivity index (χ0n) is 54.6. The number of hydrogen-bond donors (Lipinski definition) is 0. The van der Waals surface area contributed by atoms with E-state index in [9.17, 15) is 81.5 Å². The second-order valence-corrected chi connectivity index (χ2v) is 20.6. The van der Waals surface area contributed by atoms with Gasteiger partial charge in [0.1, 0.15) is 6.61 Å². The summed E-state index contributed by atoms with van der Waals surface area (Å²) in [5.74, 6) is -35.3. The van der Waals surface area contributed by atoms with Gasteiger partial charge in [0, 0.05) is 18.2 Å². The van der Waals surface area contributed by atoms with Crippen LogP contribution in [0.3, 0.4) is 0 Å². The highest BCUT2D eigenvalue weighted by molar-refractivity contribution is 6.21. The summed E-state index contributed by atoms with van der Waals surface area (Å²) < 4.78 is 268.